The second-order valence-corrected chi connectivity index (χ2v) is 6.70. The number of halogens is 2. The van der Waals surface area contributed by atoms with Crippen molar-refractivity contribution in [2.75, 3.05) is 12.4 Å². The fourth-order valence-electron chi connectivity index (χ4n) is 2.67. The first-order valence-electron chi connectivity index (χ1n) is 6.83. The summed E-state index contributed by atoms with van der Waals surface area (Å²) in [6, 6.07) is 4.69. The smallest absolute Gasteiger partial charge is 0.128 e. The molecule has 0 aromatic heterocycles. The highest BCUT2D eigenvalue weighted by Gasteiger charge is 2.30. The summed E-state index contributed by atoms with van der Waals surface area (Å²) in [7, 11) is 0. The van der Waals surface area contributed by atoms with Gasteiger partial charge < -0.3 is 4.74 Å². The van der Waals surface area contributed by atoms with Gasteiger partial charge in [-0.3, -0.25) is 0 Å². The molecule has 1 aliphatic rings. The monoisotopic (exact) mass is 346 g/mol. The van der Waals surface area contributed by atoms with Crippen LogP contribution in [0.2, 0.25) is 0 Å². The lowest BCUT2D eigenvalue weighted by Gasteiger charge is -2.31. The third-order valence-electron chi connectivity index (χ3n) is 3.88. The SMILES string of the molecule is Fc1cc(Br)cc(OCC2(CS)CCCCCC2)c1. The Hall–Kier alpha value is -0.220. The number of hydrogen-bond donors (Lipinski definition) is 1. The molecule has 19 heavy (non-hydrogen) atoms. The van der Waals surface area contributed by atoms with Crippen molar-refractivity contribution < 1.29 is 9.13 Å². The Bertz CT molecular complexity index is 396. The summed E-state index contributed by atoms with van der Waals surface area (Å²) < 4.78 is 19.9. The minimum absolute atomic E-state index is 0.151. The van der Waals surface area contributed by atoms with Gasteiger partial charge in [0, 0.05) is 16.0 Å². The summed E-state index contributed by atoms with van der Waals surface area (Å²) in [4.78, 5) is 0. The van der Waals surface area contributed by atoms with Crippen molar-refractivity contribution in [1.82, 2.24) is 0 Å². The van der Waals surface area contributed by atoms with E-state index < -0.39 is 0 Å². The lowest BCUT2D eigenvalue weighted by molar-refractivity contribution is 0.148. The molecule has 0 radical (unpaired) electrons. The van der Waals surface area contributed by atoms with E-state index in [0.29, 0.717) is 16.8 Å². The van der Waals surface area contributed by atoms with Crippen molar-refractivity contribution in [2.45, 2.75) is 38.5 Å². The molecule has 0 unspecified atom stereocenters. The minimum Gasteiger partial charge on any atom is -0.493 e. The van der Waals surface area contributed by atoms with Gasteiger partial charge in [-0.2, -0.15) is 12.6 Å². The lowest BCUT2D eigenvalue weighted by atomic mass is 9.83. The van der Waals surface area contributed by atoms with Gasteiger partial charge in [-0.25, -0.2) is 4.39 Å². The van der Waals surface area contributed by atoms with Crippen LogP contribution in [0.25, 0.3) is 0 Å². The van der Waals surface area contributed by atoms with Crippen LogP contribution >= 0.6 is 28.6 Å². The largest absolute Gasteiger partial charge is 0.493 e. The normalized spacial score (nSPS) is 18.9. The van der Waals surface area contributed by atoms with Gasteiger partial charge in [-0.05, 0) is 30.7 Å². The maximum absolute atomic E-state index is 13.3. The quantitative estimate of drug-likeness (QED) is 0.579. The Morgan fingerprint density at radius 2 is 1.84 bits per heavy atom. The fraction of sp³-hybridized carbons (Fsp3) is 0.600. The fourth-order valence-corrected chi connectivity index (χ4v) is 3.53. The minimum atomic E-state index is -0.273. The molecule has 4 heteroatoms. The number of ether oxygens (including phenoxy) is 1. The van der Waals surface area contributed by atoms with E-state index in [2.05, 4.69) is 28.6 Å². The van der Waals surface area contributed by atoms with Crippen LogP contribution in [0, 0.1) is 11.2 Å². The third-order valence-corrected chi connectivity index (χ3v) is 5.01. The molecule has 0 amide bonds. The van der Waals surface area contributed by atoms with Crippen LogP contribution in [0.1, 0.15) is 38.5 Å². The topological polar surface area (TPSA) is 9.23 Å². The zero-order chi connectivity index (χ0) is 13.7. The van der Waals surface area contributed by atoms with E-state index in [9.17, 15) is 4.39 Å². The van der Waals surface area contributed by atoms with E-state index in [4.69, 9.17) is 4.74 Å². The summed E-state index contributed by atoms with van der Waals surface area (Å²) in [5.74, 6) is 1.16. The number of hydrogen-bond acceptors (Lipinski definition) is 2. The highest BCUT2D eigenvalue weighted by atomic mass is 79.9. The zero-order valence-corrected chi connectivity index (χ0v) is 13.5. The molecule has 0 bridgehead atoms. The van der Waals surface area contributed by atoms with Crippen molar-refractivity contribution >= 4 is 28.6 Å². The molecule has 0 atom stereocenters. The Kier molecular flexibility index (Phi) is 5.58. The van der Waals surface area contributed by atoms with E-state index in [-0.39, 0.29) is 11.2 Å². The van der Waals surface area contributed by atoms with Crippen LogP contribution in [-0.2, 0) is 0 Å². The number of thiol groups is 1. The molecule has 0 heterocycles. The van der Waals surface area contributed by atoms with Crippen molar-refractivity contribution in [3.05, 3.63) is 28.5 Å². The molecular weight excluding hydrogens is 327 g/mol. The van der Waals surface area contributed by atoms with Crippen molar-refractivity contribution in [3.63, 3.8) is 0 Å². The average molecular weight is 347 g/mol. The van der Waals surface area contributed by atoms with E-state index in [1.807, 2.05) is 6.07 Å². The van der Waals surface area contributed by atoms with Crippen LogP contribution in [0.15, 0.2) is 22.7 Å². The molecule has 2 rings (SSSR count). The summed E-state index contributed by atoms with van der Waals surface area (Å²) in [6.07, 6.45) is 7.43. The molecule has 0 spiro atoms. The molecule has 1 aromatic carbocycles. The van der Waals surface area contributed by atoms with Crippen molar-refractivity contribution in [3.8, 4) is 5.75 Å². The summed E-state index contributed by atoms with van der Waals surface area (Å²) >= 11 is 7.81. The first-order valence-corrected chi connectivity index (χ1v) is 8.26. The Labute approximate surface area is 128 Å². The predicted octanol–water partition coefficient (Wildman–Crippen LogP) is 5.24. The first kappa shape index (κ1) is 15.2. The van der Waals surface area contributed by atoms with Gasteiger partial charge in [-0.15, -0.1) is 0 Å². The maximum Gasteiger partial charge on any atom is 0.128 e. The van der Waals surface area contributed by atoms with E-state index >= 15 is 0 Å². The van der Waals surface area contributed by atoms with Crippen LogP contribution < -0.4 is 4.74 Å². The van der Waals surface area contributed by atoms with Crippen molar-refractivity contribution in [1.29, 1.82) is 0 Å². The van der Waals surface area contributed by atoms with Crippen molar-refractivity contribution in [2.24, 2.45) is 5.41 Å². The van der Waals surface area contributed by atoms with Gasteiger partial charge in [-0.1, -0.05) is 41.6 Å². The third kappa shape index (κ3) is 4.38. The van der Waals surface area contributed by atoms with E-state index in [1.54, 1.807) is 0 Å². The molecule has 106 valence electrons. The Balaban J connectivity index is 2.02. The van der Waals surface area contributed by atoms with Gasteiger partial charge in [0.1, 0.15) is 11.6 Å². The van der Waals surface area contributed by atoms with Gasteiger partial charge in [0.2, 0.25) is 0 Å². The summed E-state index contributed by atoms with van der Waals surface area (Å²) in [5, 5.41) is 0. The average Bonchev–Trinajstić information content (AvgIpc) is 2.61. The van der Waals surface area contributed by atoms with Gasteiger partial charge in [0.15, 0.2) is 0 Å². The highest BCUT2D eigenvalue weighted by Crippen LogP contribution is 2.37. The highest BCUT2D eigenvalue weighted by molar-refractivity contribution is 9.10. The van der Waals surface area contributed by atoms with Crippen LogP contribution in [0.3, 0.4) is 0 Å². The molecule has 0 aliphatic heterocycles. The molecule has 1 fully saturated rings. The molecule has 1 aliphatic carbocycles. The molecule has 1 saturated carbocycles. The Morgan fingerprint density at radius 1 is 1.16 bits per heavy atom. The molecule has 1 aromatic rings. The van der Waals surface area contributed by atoms with Crippen LogP contribution in [0.5, 0.6) is 5.75 Å². The van der Waals surface area contributed by atoms with E-state index in [0.717, 1.165) is 18.6 Å². The number of rotatable bonds is 4. The van der Waals surface area contributed by atoms with Gasteiger partial charge in [0.25, 0.3) is 0 Å². The molecule has 1 nitrogen and oxygen atoms in total. The number of benzene rings is 1. The summed E-state index contributed by atoms with van der Waals surface area (Å²) in [5.41, 5.74) is 0.151. The molecule has 0 saturated heterocycles. The second kappa shape index (κ2) is 6.98. The molecular formula is C15H20BrFOS. The van der Waals surface area contributed by atoms with Gasteiger partial charge >= 0.3 is 0 Å². The van der Waals surface area contributed by atoms with E-state index in [1.165, 1.54) is 37.8 Å². The zero-order valence-electron chi connectivity index (χ0n) is 11.0. The van der Waals surface area contributed by atoms with Crippen LogP contribution in [0.4, 0.5) is 4.39 Å². The standard InChI is InChI=1S/C15H20BrFOS/c16-12-7-13(17)9-14(8-12)18-10-15(11-19)5-3-1-2-4-6-15/h7-9,19H,1-6,10-11H2. The lowest BCUT2D eigenvalue weighted by Crippen LogP contribution is -2.30. The summed E-state index contributed by atoms with van der Waals surface area (Å²) in [6.45, 7) is 0.631. The van der Waals surface area contributed by atoms with Crippen LogP contribution in [-0.4, -0.2) is 12.4 Å². The predicted molar refractivity (Wildman–Crippen MR) is 83.6 cm³/mol. The molecule has 0 N–H and O–H groups in total. The first-order chi connectivity index (χ1) is 9.13. The maximum atomic E-state index is 13.3. The van der Waals surface area contributed by atoms with Gasteiger partial charge in [0.05, 0.1) is 6.61 Å². The second-order valence-electron chi connectivity index (χ2n) is 5.47. The Morgan fingerprint density at radius 3 is 2.42 bits per heavy atom.